The van der Waals surface area contributed by atoms with Gasteiger partial charge in [0.05, 0.1) is 0 Å². The van der Waals surface area contributed by atoms with Crippen molar-refractivity contribution in [3.8, 4) is 0 Å². The van der Waals surface area contributed by atoms with Crippen LogP contribution in [0.5, 0.6) is 0 Å². The third-order valence-electron chi connectivity index (χ3n) is 7.35. The second kappa shape index (κ2) is 44.9. The van der Waals surface area contributed by atoms with Crippen LogP contribution in [0, 0.1) is 0 Å². The van der Waals surface area contributed by atoms with Crippen LogP contribution in [0.25, 0.3) is 0 Å². The van der Waals surface area contributed by atoms with Gasteiger partial charge in [-0.25, -0.2) is 0 Å². The molecular formula is C49H44O12P4Sn4+4. The molecule has 0 aromatic heterocycles. The van der Waals surface area contributed by atoms with Crippen LogP contribution in [0.15, 0.2) is 243 Å². The second-order valence-electron chi connectivity index (χ2n) is 12.3. The topological polar surface area (TPSA) is 253 Å². The minimum atomic E-state index is -3.37. The average molecular weight is 1420 g/mol. The van der Waals surface area contributed by atoms with Gasteiger partial charge in [0.25, 0.3) is 33.0 Å². The Balaban J connectivity index is 0.000000806. The summed E-state index contributed by atoms with van der Waals surface area (Å²) in [4.78, 5) is 67.9. The molecule has 0 unspecified atom stereocenters. The third kappa shape index (κ3) is 43.5. The maximum atomic E-state index is 8.48. The van der Waals surface area contributed by atoms with Crippen molar-refractivity contribution < 1.29 is 57.4 Å². The van der Waals surface area contributed by atoms with Gasteiger partial charge in [-0.3, -0.25) is 0 Å². The zero-order valence-corrected chi connectivity index (χ0v) is 50.8. The summed E-state index contributed by atoms with van der Waals surface area (Å²) in [6.45, 7) is 0. The Labute approximate surface area is 448 Å². The SMILES string of the molecule is C.O=[P+]([O-])[O-].O=[P+]([O-])[O-].O=[P+]([O-])[O-].O=[P+]([O-])[O-].c1cc[c]([Sn+2][c]2ccccc2)cc1.c1cc[c]([Sn+2][c]2ccccc2)cc1.c1cc[c]([Sn+2][c]2ccccc2)cc1.c1cc[c]([Sn+2][c]2ccccc2)cc1. The number of hydrogen-bond acceptors (Lipinski definition) is 12. The van der Waals surface area contributed by atoms with Crippen LogP contribution < -0.4 is 67.8 Å². The van der Waals surface area contributed by atoms with Crippen LogP contribution in [0.3, 0.4) is 0 Å². The Morgan fingerprint density at radius 3 is 0.348 bits per heavy atom. The van der Waals surface area contributed by atoms with E-state index in [1.54, 1.807) is 0 Å². The number of benzene rings is 8. The molecule has 20 heteroatoms. The summed E-state index contributed by atoms with van der Waals surface area (Å²) in [5, 5.41) is 0. The molecule has 344 valence electrons. The normalized spacial score (nSPS) is 8.46. The van der Waals surface area contributed by atoms with Crippen LogP contribution >= 0.6 is 33.0 Å². The van der Waals surface area contributed by atoms with Crippen molar-refractivity contribution in [2.24, 2.45) is 0 Å². The molecule has 69 heavy (non-hydrogen) atoms. The molecule has 0 aliphatic rings. The molecule has 0 atom stereocenters. The van der Waals surface area contributed by atoms with Gasteiger partial charge in [-0.15, -0.1) is 0 Å². The summed E-state index contributed by atoms with van der Waals surface area (Å²) in [6.07, 6.45) is 0. The third-order valence-corrected chi connectivity index (χ3v) is 21.5. The van der Waals surface area contributed by atoms with E-state index in [1.807, 2.05) is 0 Å². The summed E-state index contributed by atoms with van der Waals surface area (Å²) in [5.74, 6) is 0. The summed E-state index contributed by atoms with van der Waals surface area (Å²) in [7, 11) is -13.5. The molecule has 0 radical (unpaired) electrons. The van der Waals surface area contributed by atoms with Gasteiger partial charge < -0.3 is 39.1 Å². The van der Waals surface area contributed by atoms with E-state index < -0.39 is 118 Å². The molecule has 0 bridgehead atoms. The molecule has 0 saturated heterocycles. The fraction of sp³-hybridized carbons (Fsp3) is 0.0204. The van der Waals surface area contributed by atoms with E-state index in [2.05, 4.69) is 243 Å². The van der Waals surface area contributed by atoms with Gasteiger partial charge in [0.1, 0.15) is 0 Å². The number of hydrogen-bond donors (Lipinski definition) is 0. The molecule has 8 aromatic carbocycles. The van der Waals surface area contributed by atoms with Gasteiger partial charge in [0.2, 0.25) is 0 Å². The van der Waals surface area contributed by atoms with Crippen molar-refractivity contribution in [3.63, 3.8) is 0 Å². The fourth-order valence-electron chi connectivity index (χ4n) is 4.84. The summed E-state index contributed by atoms with van der Waals surface area (Å²) in [5.41, 5.74) is 0. The Kier molecular flexibility index (Phi) is 43.0. The quantitative estimate of drug-likeness (QED) is 0.138. The molecule has 0 fully saturated rings. The molecule has 8 rings (SSSR count). The van der Waals surface area contributed by atoms with E-state index >= 15 is 0 Å². The molecule has 0 aliphatic heterocycles. The first-order valence-corrected chi connectivity index (χ1v) is 35.3. The van der Waals surface area contributed by atoms with E-state index in [0.717, 1.165) is 0 Å². The predicted molar refractivity (Wildman–Crippen MR) is 269 cm³/mol. The van der Waals surface area contributed by atoms with Crippen LogP contribution in [-0.2, 0) is 18.3 Å². The van der Waals surface area contributed by atoms with E-state index in [-0.39, 0.29) is 7.43 Å². The predicted octanol–water partition coefficient (Wildman–Crippen LogP) is -0.540. The van der Waals surface area contributed by atoms with Crippen molar-refractivity contribution in [1.29, 1.82) is 0 Å². The van der Waals surface area contributed by atoms with Gasteiger partial charge in [0, 0.05) is 0 Å². The van der Waals surface area contributed by atoms with Crippen molar-refractivity contribution in [2.45, 2.75) is 7.43 Å². The molecule has 0 aliphatic carbocycles. The Morgan fingerprint density at radius 2 is 0.275 bits per heavy atom. The van der Waals surface area contributed by atoms with Crippen LogP contribution in [-0.4, -0.2) is 84.6 Å². The van der Waals surface area contributed by atoms with Crippen LogP contribution in [0.4, 0.5) is 0 Å². The Hall–Kier alpha value is -2.97. The first kappa shape index (κ1) is 66.0. The first-order chi connectivity index (χ1) is 32.7. The first-order valence-electron chi connectivity index (χ1n) is 19.5. The Bertz CT molecular complexity index is 1980. The zero-order chi connectivity index (χ0) is 50.0. The molecule has 12 nitrogen and oxygen atoms in total. The van der Waals surface area contributed by atoms with E-state index in [0.29, 0.717) is 0 Å². The standard InChI is InChI=1S/8C6H5.CH4.4HO3P.4Sn/c8*1-2-4-6-5-3-1;;4*1-4(2)3;;;;/h8*1-5H;1H4;4*(H,1,2,3);;;;/q;;;;;;;;;;;;;4*+2/p-4. The van der Waals surface area contributed by atoms with Crippen molar-refractivity contribution >= 4 is 146 Å². The molecule has 0 spiro atoms. The van der Waals surface area contributed by atoms with Gasteiger partial charge in [-0.05, 0) is 0 Å². The van der Waals surface area contributed by atoms with Crippen molar-refractivity contribution in [2.75, 3.05) is 0 Å². The molecular weight excluding hydrogens is 1380 g/mol. The molecule has 8 aromatic rings. The van der Waals surface area contributed by atoms with Gasteiger partial charge in [0.15, 0.2) is 0 Å². The molecule has 0 N–H and O–H groups in total. The number of rotatable bonds is 8. The van der Waals surface area contributed by atoms with Crippen LogP contribution in [0.2, 0.25) is 0 Å². The average Bonchev–Trinajstić information content (AvgIpc) is 3.32. The maximum absolute atomic E-state index is 8.48. The Morgan fingerprint density at radius 1 is 0.203 bits per heavy atom. The van der Waals surface area contributed by atoms with Crippen molar-refractivity contribution in [1.82, 2.24) is 0 Å². The zero-order valence-electron chi connectivity index (χ0n) is 35.8. The van der Waals surface area contributed by atoms with Gasteiger partial charge >= 0.3 is 356 Å². The second-order valence-corrected chi connectivity index (χ2v) is 30.1. The minimum absolute atomic E-state index is 0. The fourth-order valence-corrected chi connectivity index (χ4v) is 16.8. The van der Waals surface area contributed by atoms with Gasteiger partial charge in [-0.2, -0.15) is 0 Å². The van der Waals surface area contributed by atoms with Crippen LogP contribution in [0.1, 0.15) is 7.43 Å². The van der Waals surface area contributed by atoms with E-state index in [1.165, 1.54) is 28.6 Å². The summed E-state index contributed by atoms with van der Waals surface area (Å²) < 4.78 is 46.2. The molecule has 0 saturated carbocycles. The molecule has 0 amide bonds. The monoisotopic (exact) mass is 1430 g/mol. The van der Waals surface area contributed by atoms with E-state index in [4.69, 9.17) is 57.4 Å². The molecule has 0 heterocycles. The van der Waals surface area contributed by atoms with Crippen molar-refractivity contribution in [3.05, 3.63) is 243 Å². The summed E-state index contributed by atoms with van der Waals surface area (Å²) >= 11 is -2.07. The van der Waals surface area contributed by atoms with E-state index in [9.17, 15) is 0 Å². The summed E-state index contributed by atoms with van der Waals surface area (Å²) in [6, 6.07) is 86.4. The van der Waals surface area contributed by atoms with Gasteiger partial charge in [-0.1, -0.05) is 25.7 Å².